The maximum Gasteiger partial charge on any atom is 0.339 e. The Morgan fingerprint density at radius 1 is 1.10 bits per heavy atom. The van der Waals surface area contributed by atoms with Crippen molar-refractivity contribution in [2.45, 2.75) is 37.2 Å². The summed E-state index contributed by atoms with van der Waals surface area (Å²) < 4.78 is 19.2. The van der Waals surface area contributed by atoms with Crippen LogP contribution in [-0.4, -0.2) is 41.0 Å². The first-order valence-corrected chi connectivity index (χ1v) is 10.4. The van der Waals surface area contributed by atoms with Crippen LogP contribution in [0.3, 0.4) is 0 Å². The van der Waals surface area contributed by atoms with Gasteiger partial charge in [0, 0.05) is 23.0 Å². The van der Waals surface area contributed by atoms with Gasteiger partial charge in [-0.3, -0.25) is 9.59 Å². The third-order valence-corrected chi connectivity index (χ3v) is 5.69. The number of ketones is 1. The van der Waals surface area contributed by atoms with E-state index in [1.807, 2.05) is 0 Å². The van der Waals surface area contributed by atoms with E-state index < -0.39 is 12.6 Å². The molecular formula is C22H22FNO4S. The summed E-state index contributed by atoms with van der Waals surface area (Å²) in [7, 11) is 0. The minimum absolute atomic E-state index is 0.00145. The van der Waals surface area contributed by atoms with Crippen LogP contribution in [0, 0.1) is 5.82 Å². The highest BCUT2D eigenvalue weighted by Crippen LogP contribution is 2.29. The average Bonchev–Trinajstić information content (AvgIpc) is 3.55. The summed E-state index contributed by atoms with van der Waals surface area (Å²) in [6.07, 6.45) is 1.72. The van der Waals surface area contributed by atoms with E-state index in [0.29, 0.717) is 16.0 Å². The van der Waals surface area contributed by atoms with E-state index in [1.165, 1.54) is 24.8 Å². The van der Waals surface area contributed by atoms with Gasteiger partial charge in [0.2, 0.25) is 0 Å². The molecule has 0 heterocycles. The lowest BCUT2D eigenvalue weighted by Crippen LogP contribution is -2.36. The van der Waals surface area contributed by atoms with Crippen molar-refractivity contribution in [3.05, 3.63) is 65.5 Å². The number of amides is 1. The predicted octanol–water partition coefficient (Wildman–Crippen LogP) is 3.85. The van der Waals surface area contributed by atoms with Crippen molar-refractivity contribution in [1.82, 2.24) is 4.90 Å². The van der Waals surface area contributed by atoms with Crippen LogP contribution < -0.4 is 0 Å². The van der Waals surface area contributed by atoms with E-state index in [2.05, 4.69) is 0 Å². The van der Waals surface area contributed by atoms with E-state index in [9.17, 15) is 18.8 Å². The largest absolute Gasteiger partial charge is 0.452 e. The van der Waals surface area contributed by atoms with Gasteiger partial charge in [0.1, 0.15) is 11.6 Å². The molecule has 0 N–H and O–H groups in total. The van der Waals surface area contributed by atoms with Crippen LogP contribution in [0.15, 0.2) is 53.4 Å². The van der Waals surface area contributed by atoms with E-state index in [-0.39, 0.29) is 35.8 Å². The summed E-state index contributed by atoms with van der Waals surface area (Å²) in [5.74, 6) is -1.08. The molecule has 1 fully saturated rings. The number of carbonyl (C=O) groups excluding carboxylic acids is 3. The minimum atomic E-state index is -0.619. The molecule has 0 unspecified atom stereocenters. The maximum atomic E-state index is 14.0. The SMILES string of the molecule is CC(=O)CSc1ccccc1C(=O)OCC(=O)N(Cc1ccccc1F)C1CC1. The molecule has 1 amide bonds. The molecule has 7 heteroatoms. The Labute approximate surface area is 173 Å². The number of thioether (sulfide) groups is 1. The van der Waals surface area contributed by atoms with Crippen molar-refractivity contribution in [3.8, 4) is 0 Å². The second-order valence-electron chi connectivity index (χ2n) is 6.91. The summed E-state index contributed by atoms with van der Waals surface area (Å²) in [5, 5.41) is 0. The topological polar surface area (TPSA) is 63.7 Å². The van der Waals surface area contributed by atoms with E-state index in [1.54, 1.807) is 47.4 Å². The van der Waals surface area contributed by atoms with Gasteiger partial charge in [0.05, 0.1) is 11.3 Å². The van der Waals surface area contributed by atoms with Gasteiger partial charge in [-0.15, -0.1) is 11.8 Å². The molecule has 0 radical (unpaired) electrons. The standard InChI is InChI=1S/C22H22FNO4S/c1-15(25)14-29-20-9-5-3-7-18(20)22(27)28-13-21(26)24(17-10-11-17)12-16-6-2-4-8-19(16)23/h2-9,17H,10-14H2,1H3. The molecule has 29 heavy (non-hydrogen) atoms. The molecule has 1 aliphatic rings. The number of ether oxygens (including phenoxy) is 1. The highest BCUT2D eigenvalue weighted by molar-refractivity contribution is 8.00. The zero-order chi connectivity index (χ0) is 20.8. The Balaban J connectivity index is 1.62. The molecule has 2 aromatic rings. The Morgan fingerprint density at radius 3 is 2.48 bits per heavy atom. The molecule has 0 atom stereocenters. The lowest BCUT2D eigenvalue weighted by molar-refractivity contribution is -0.135. The number of carbonyl (C=O) groups is 3. The Morgan fingerprint density at radius 2 is 1.79 bits per heavy atom. The van der Waals surface area contributed by atoms with E-state index >= 15 is 0 Å². The Kier molecular flexibility index (Phi) is 7.04. The van der Waals surface area contributed by atoms with Crippen molar-refractivity contribution in [1.29, 1.82) is 0 Å². The van der Waals surface area contributed by atoms with Crippen LogP contribution in [0.2, 0.25) is 0 Å². The van der Waals surface area contributed by atoms with Gasteiger partial charge in [0.25, 0.3) is 5.91 Å². The lowest BCUT2D eigenvalue weighted by atomic mass is 10.2. The fourth-order valence-electron chi connectivity index (χ4n) is 2.85. The summed E-state index contributed by atoms with van der Waals surface area (Å²) >= 11 is 1.25. The van der Waals surface area contributed by atoms with Crippen LogP contribution >= 0.6 is 11.8 Å². The van der Waals surface area contributed by atoms with Gasteiger partial charge < -0.3 is 9.64 Å². The number of halogens is 1. The number of Topliss-reactive ketones (excluding diaryl/α,β-unsaturated/α-hetero) is 1. The summed E-state index contributed by atoms with van der Waals surface area (Å²) in [5.41, 5.74) is 0.753. The van der Waals surface area contributed by atoms with Crippen LogP contribution in [0.4, 0.5) is 4.39 Å². The Bertz CT molecular complexity index is 913. The first-order valence-electron chi connectivity index (χ1n) is 9.37. The van der Waals surface area contributed by atoms with Gasteiger partial charge in [-0.05, 0) is 38.0 Å². The number of hydrogen-bond acceptors (Lipinski definition) is 5. The minimum Gasteiger partial charge on any atom is -0.452 e. The molecule has 5 nitrogen and oxygen atoms in total. The van der Waals surface area contributed by atoms with Crippen molar-refractivity contribution >= 4 is 29.4 Å². The van der Waals surface area contributed by atoms with Crippen LogP contribution in [0.25, 0.3) is 0 Å². The number of hydrogen-bond donors (Lipinski definition) is 0. The molecule has 0 bridgehead atoms. The van der Waals surface area contributed by atoms with Crippen molar-refractivity contribution in [2.75, 3.05) is 12.4 Å². The first-order chi connectivity index (χ1) is 14.0. The van der Waals surface area contributed by atoms with Crippen molar-refractivity contribution < 1.29 is 23.5 Å². The Hall–Kier alpha value is -2.67. The number of benzene rings is 2. The van der Waals surface area contributed by atoms with Gasteiger partial charge in [-0.25, -0.2) is 9.18 Å². The number of nitrogens with zero attached hydrogens (tertiary/aromatic N) is 1. The molecule has 0 spiro atoms. The second kappa shape index (κ2) is 9.69. The van der Waals surface area contributed by atoms with Crippen LogP contribution in [0.1, 0.15) is 35.7 Å². The van der Waals surface area contributed by atoms with Gasteiger partial charge >= 0.3 is 5.97 Å². The van der Waals surface area contributed by atoms with Gasteiger partial charge in [0.15, 0.2) is 6.61 Å². The maximum absolute atomic E-state index is 14.0. The first kappa shape index (κ1) is 21.0. The van der Waals surface area contributed by atoms with Gasteiger partial charge in [-0.2, -0.15) is 0 Å². The molecule has 2 aromatic carbocycles. The molecule has 1 saturated carbocycles. The van der Waals surface area contributed by atoms with Crippen LogP contribution in [-0.2, 0) is 20.9 Å². The predicted molar refractivity (Wildman–Crippen MR) is 108 cm³/mol. The third kappa shape index (κ3) is 5.90. The molecule has 3 rings (SSSR count). The molecular weight excluding hydrogens is 393 g/mol. The smallest absolute Gasteiger partial charge is 0.339 e. The summed E-state index contributed by atoms with van der Waals surface area (Å²) in [6.45, 7) is 1.23. The van der Waals surface area contributed by atoms with Crippen LogP contribution in [0.5, 0.6) is 0 Å². The van der Waals surface area contributed by atoms with Gasteiger partial charge in [-0.1, -0.05) is 30.3 Å². The van der Waals surface area contributed by atoms with E-state index in [4.69, 9.17) is 4.74 Å². The molecule has 0 saturated heterocycles. The quantitative estimate of drug-likeness (QED) is 0.460. The highest BCUT2D eigenvalue weighted by atomic mass is 32.2. The zero-order valence-corrected chi connectivity index (χ0v) is 16.9. The van der Waals surface area contributed by atoms with Crippen molar-refractivity contribution in [2.24, 2.45) is 0 Å². The number of esters is 1. The third-order valence-electron chi connectivity index (χ3n) is 4.47. The fourth-order valence-corrected chi connectivity index (χ4v) is 3.69. The normalized spacial score (nSPS) is 13.0. The molecule has 152 valence electrons. The second-order valence-corrected chi connectivity index (χ2v) is 7.92. The molecule has 0 aliphatic heterocycles. The lowest BCUT2D eigenvalue weighted by Gasteiger charge is -2.22. The summed E-state index contributed by atoms with van der Waals surface area (Å²) in [4.78, 5) is 38.6. The average molecular weight is 415 g/mol. The monoisotopic (exact) mass is 415 g/mol. The van der Waals surface area contributed by atoms with Crippen molar-refractivity contribution in [3.63, 3.8) is 0 Å². The zero-order valence-electron chi connectivity index (χ0n) is 16.1. The fraction of sp³-hybridized carbons (Fsp3) is 0.318. The molecule has 1 aliphatic carbocycles. The summed E-state index contributed by atoms with van der Waals surface area (Å²) in [6, 6.07) is 13.2. The van der Waals surface area contributed by atoms with E-state index in [0.717, 1.165) is 12.8 Å². The highest BCUT2D eigenvalue weighted by Gasteiger charge is 2.33. The number of rotatable bonds is 9. The molecule has 0 aromatic heterocycles.